The van der Waals surface area contributed by atoms with E-state index in [1.807, 2.05) is 30.9 Å². The van der Waals surface area contributed by atoms with Crippen molar-refractivity contribution in [3.8, 4) is 0 Å². The third kappa shape index (κ3) is 3.93. The Labute approximate surface area is 171 Å². The summed E-state index contributed by atoms with van der Waals surface area (Å²) in [6, 6.07) is 4.20. The van der Waals surface area contributed by atoms with Gasteiger partial charge in [0, 0.05) is 43.2 Å². The minimum absolute atomic E-state index is 0.00842. The molecular weight excluding hydrogens is 376 g/mol. The van der Waals surface area contributed by atoms with E-state index >= 15 is 0 Å². The summed E-state index contributed by atoms with van der Waals surface area (Å²) < 4.78 is 11.4. The molecular formula is C22H29ClN2O3. The molecule has 5 nitrogen and oxygen atoms in total. The summed E-state index contributed by atoms with van der Waals surface area (Å²) in [6.45, 7) is 9.38. The van der Waals surface area contributed by atoms with Gasteiger partial charge in [-0.3, -0.25) is 9.69 Å². The van der Waals surface area contributed by atoms with Gasteiger partial charge in [-0.25, -0.2) is 0 Å². The molecule has 2 aromatic rings. The zero-order chi connectivity index (χ0) is 19.7. The molecule has 4 rings (SSSR count). The van der Waals surface area contributed by atoms with Gasteiger partial charge in [-0.15, -0.1) is 0 Å². The predicted octanol–water partition coefficient (Wildman–Crippen LogP) is 4.42. The average Bonchev–Trinajstić information content (AvgIpc) is 3.04. The minimum Gasteiger partial charge on any atom is -0.449 e. The molecule has 1 aromatic heterocycles. The van der Waals surface area contributed by atoms with Crippen LogP contribution < -0.4 is 0 Å². The lowest BCUT2D eigenvalue weighted by Crippen LogP contribution is -2.46. The Balaban J connectivity index is 1.54. The topological polar surface area (TPSA) is 45.9 Å². The second kappa shape index (κ2) is 8.44. The summed E-state index contributed by atoms with van der Waals surface area (Å²) >= 11 is 6.37. The van der Waals surface area contributed by atoms with E-state index in [-0.39, 0.29) is 11.9 Å². The number of furan rings is 1. The largest absolute Gasteiger partial charge is 0.449 e. The standard InChI is InChI=1S/C22H29ClN2O3/c1-15-13-18-16(2)20(28-21(18)19(23)14-15)22(26)25-7-4-3-5-17(25)6-8-24-9-11-27-12-10-24/h13-14,17H,3-12H2,1-2H3. The first-order valence-corrected chi connectivity index (χ1v) is 10.7. The van der Waals surface area contributed by atoms with Gasteiger partial charge in [0.1, 0.15) is 0 Å². The fourth-order valence-corrected chi connectivity index (χ4v) is 4.78. The van der Waals surface area contributed by atoms with E-state index in [1.54, 1.807) is 0 Å². The van der Waals surface area contributed by atoms with Crippen LogP contribution in [0.15, 0.2) is 16.5 Å². The Morgan fingerprint density at radius 3 is 2.75 bits per heavy atom. The fourth-order valence-electron chi connectivity index (χ4n) is 4.47. The van der Waals surface area contributed by atoms with E-state index in [2.05, 4.69) is 4.90 Å². The molecule has 6 heteroatoms. The maximum absolute atomic E-state index is 13.4. The number of benzene rings is 1. The number of aryl methyl sites for hydroxylation is 2. The number of carbonyl (C=O) groups excluding carboxylic acids is 1. The molecule has 1 amide bonds. The number of likely N-dealkylation sites (tertiary alicyclic amines) is 1. The van der Waals surface area contributed by atoms with Crippen molar-refractivity contribution in [2.45, 2.75) is 45.6 Å². The van der Waals surface area contributed by atoms with Crippen molar-refractivity contribution in [1.29, 1.82) is 0 Å². The number of ether oxygens (including phenoxy) is 1. The molecule has 0 aliphatic carbocycles. The summed E-state index contributed by atoms with van der Waals surface area (Å²) in [5, 5.41) is 1.51. The Morgan fingerprint density at radius 1 is 1.18 bits per heavy atom. The van der Waals surface area contributed by atoms with Gasteiger partial charge < -0.3 is 14.1 Å². The highest BCUT2D eigenvalue weighted by molar-refractivity contribution is 6.35. The highest BCUT2D eigenvalue weighted by Gasteiger charge is 2.31. The van der Waals surface area contributed by atoms with Crippen LogP contribution in [0.25, 0.3) is 11.0 Å². The predicted molar refractivity (Wildman–Crippen MR) is 111 cm³/mol. The number of fused-ring (bicyclic) bond motifs is 1. The van der Waals surface area contributed by atoms with Gasteiger partial charge in [0.25, 0.3) is 5.91 Å². The van der Waals surface area contributed by atoms with Crippen molar-refractivity contribution < 1.29 is 13.9 Å². The van der Waals surface area contributed by atoms with E-state index < -0.39 is 0 Å². The van der Waals surface area contributed by atoms with Gasteiger partial charge in [0.05, 0.1) is 18.2 Å². The molecule has 0 radical (unpaired) electrons. The minimum atomic E-state index is 0.00842. The van der Waals surface area contributed by atoms with Gasteiger partial charge in [-0.1, -0.05) is 11.6 Å². The monoisotopic (exact) mass is 404 g/mol. The zero-order valence-electron chi connectivity index (χ0n) is 16.8. The van der Waals surface area contributed by atoms with Crippen LogP contribution in [0.1, 0.15) is 47.4 Å². The molecule has 2 saturated heterocycles. The molecule has 0 N–H and O–H groups in total. The summed E-state index contributed by atoms with van der Waals surface area (Å²) in [7, 11) is 0. The number of morpholine rings is 1. The number of rotatable bonds is 4. The first-order chi connectivity index (χ1) is 13.5. The lowest BCUT2D eigenvalue weighted by atomic mass is 9.98. The van der Waals surface area contributed by atoms with E-state index in [0.29, 0.717) is 16.4 Å². The number of hydrogen-bond donors (Lipinski definition) is 0. The van der Waals surface area contributed by atoms with Gasteiger partial charge in [-0.05, 0) is 57.2 Å². The number of nitrogens with zero attached hydrogens (tertiary/aromatic N) is 2. The average molecular weight is 405 g/mol. The molecule has 0 bridgehead atoms. The maximum atomic E-state index is 13.4. The Kier molecular flexibility index (Phi) is 5.95. The fraction of sp³-hybridized carbons (Fsp3) is 0.591. The molecule has 1 aromatic carbocycles. The zero-order valence-corrected chi connectivity index (χ0v) is 17.6. The van der Waals surface area contributed by atoms with Gasteiger partial charge in [-0.2, -0.15) is 0 Å². The van der Waals surface area contributed by atoms with Crippen LogP contribution in [0, 0.1) is 13.8 Å². The highest BCUT2D eigenvalue weighted by atomic mass is 35.5. The Bertz CT molecular complexity index is 857. The lowest BCUT2D eigenvalue weighted by Gasteiger charge is -2.37. The number of halogens is 1. The van der Waals surface area contributed by atoms with E-state index in [9.17, 15) is 4.79 Å². The Hall–Kier alpha value is -1.56. The van der Waals surface area contributed by atoms with Crippen LogP contribution in [0.4, 0.5) is 0 Å². The number of amides is 1. The lowest BCUT2D eigenvalue weighted by molar-refractivity contribution is 0.0290. The van der Waals surface area contributed by atoms with Crippen molar-refractivity contribution in [2.24, 2.45) is 0 Å². The first-order valence-electron chi connectivity index (χ1n) is 10.3. The van der Waals surface area contributed by atoms with Crippen LogP contribution >= 0.6 is 11.6 Å². The summed E-state index contributed by atoms with van der Waals surface area (Å²) in [4.78, 5) is 17.9. The van der Waals surface area contributed by atoms with Crippen molar-refractivity contribution in [2.75, 3.05) is 39.4 Å². The van der Waals surface area contributed by atoms with Crippen LogP contribution in [0.5, 0.6) is 0 Å². The van der Waals surface area contributed by atoms with Crippen LogP contribution in [-0.4, -0.2) is 61.1 Å². The third-order valence-electron chi connectivity index (χ3n) is 6.10. The second-order valence-corrected chi connectivity index (χ2v) is 8.48. The quantitative estimate of drug-likeness (QED) is 0.756. The SMILES string of the molecule is Cc1cc(Cl)c2oc(C(=O)N3CCCCC3CCN3CCOCC3)c(C)c2c1. The van der Waals surface area contributed by atoms with Gasteiger partial charge >= 0.3 is 0 Å². The third-order valence-corrected chi connectivity index (χ3v) is 6.38. The van der Waals surface area contributed by atoms with Crippen molar-refractivity contribution in [1.82, 2.24) is 9.80 Å². The Morgan fingerprint density at radius 2 is 1.96 bits per heavy atom. The summed E-state index contributed by atoms with van der Waals surface area (Å²) in [6.07, 6.45) is 4.31. The van der Waals surface area contributed by atoms with Crippen LogP contribution in [0.3, 0.4) is 0 Å². The van der Waals surface area contributed by atoms with Crippen molar-refractivity contribution in [3.05, 3.63) is 34.0 Å². The van der Waals surface area contributed by atoms with E-state index in [1.165, 1.54) is 6.42 Å². The van der Waals surface area contributed by atoms with Crippen LogP contribution in [0.2, 0.25) is 5.02 Å². The molecule has 152 valence electrons. The smallest absolute Gasteiger partial charge is 0.290 e. The molecule has 28 heavy (non-hydrogen) atoms. The summed E-state index contributed by atoms with van der Waals surface area (Å²) in [5.41, 5.74) is 2.58. The molecule has 2 aliphatic rings. The van der Waals surface area contributed by atoms with Gasteiger partial charge in [0.15, 0.2) is 11.3 Å². The normalized spacial score (nSPS) is 21.4. The molecule has 2 aliphatic heterocycles. The molecule has 0 spiro atoms. The number of piperidine rings is 1. The second-order valence-electron chi connectivity index (χ2n) is 8.07. The molecule has 1 unspecified atom stereocenters. The van der Waals surface area contributed by atoms with Gasteiger partial charge in [0.2, 0.25) is 0 Å². The highest BCUT2D eigenvalue weighted by Crippen LogP contribution is 2.34. The summed E-state index contributed by atoms with van der Waals surface area (Å²) in [5.74, 6) is 0.454. The van der Waals surface area contributed by atoms with Crippen LogP contribution in [-0.2, 0) is 4.74 Å². The molecule has 1 atom stereocenters. The van der Waals surface area contributed by atoms with Crippen molar-refractivity contribution >= 4 is 28.5 Å². The first kappa shape index (κ1) is 19.7. The molecule has 0 saturated carbocycles. The van der Waals surface area contributed by atoms with E-state index in [0.717, 1.165) is 75.2 Å². The van der Waals surface area contributed by atoms with Crippen molar-refractivity contribution in [3.63, 3.8) is 0 Å². The molecule has 3 heterocycles. The molecule has 2 fully saturated rings. The van der Waals surface area contributed by atoms with E-state index in [4.69, 9.17) is 20.8 Å². The number of hydrogen-bond acceptors (Lipinski definition) is 4. The maximum Gasteiger partial charge on any atom is 0.290 e. The number of carbonyl (C=O) groups is 1.